The summed E-state index contributed by atoms with van der Waals surface area (Å²) in [7, 11) is 0. The van der Waals surface area contributed by atoms with Crippen LogP contribution in [0.5, 0.6) is 0 Å². The van der Waals surface area contributed by atoms with Crippen molar-refractivity contribution in [3.05, 3.63) is 12.2 Å². The van der Waals surface area contributed by atoms with Gasteiger partial charge in [-0.2, -0.15) is 0 Å². The molecule has 0 fully saturated rings. The summed E-state index contributed by atoms with van der Waals surface area (Å²) in [5.74, 6) is -0.771. The lowest BCUT2D eigenvalue weighted by Gasteiger charge is -1.82. The minimum atomic E-state index is -0.935. The summed E-state index contributed by atoms with van der Waals surface area (Å²) in [5.41, 5.74) is 10.0. The number of nitrogens with two attached hydrogens (primary N) is 2. The summed E-state index contributed by atoms with van der Waals surface area (Å²) in [4.78, 5) is 13.2. The Morgan fingerprint density at radius 1 is 1.58 bits per heavy atom. The van der Waals surface area contributed by atoms with Crippen molar-refractivity contribution in [2.75, 3.05) is 6.54 Å². The third kappa shape index (κ3) is 15.8. The van der Waals surface area contributed by atoms with E-state index in [-0.39, 0.29) is 11.5 Å². The number of aliphatic carboxylic acids is 1. The van der Waals surface area contributed by atoms with E-state index < -0.39 is 5.97 Å². The SMILES string of the molecule is C=C(C)C(=O)O.CCN=C(N)N. The Balaban J connectivity index is 0. The molecule has 0 rings (SSSR count). The Kier molecular flexibility index (Phi) is 8.28. The smallest absolute Gasteiger partial charge is 0.330 e. The molecule has 5 nitrogen and oxygen atoms in total. The summed E-state index contributed by atoms with van der Waals surface area (Å²) in [6, 6.07) is 0. The molecule has 0 aliphatic heterocycles. The zero-order valence-corrected chi connectivity index (χ0v) is 7.37. The molecule has 5 heteroatoms. The Bertz CT molecular complexity index is 171. The molecule has 12 heavy (non-hydrogen) atoms. The van der Waals surface area contributed by atoms with E-state index in [0.29, 0.717) is 6.54 Å². The molecule has 0 radical (unpaired) electrons. The number of nitrogens with zero attached hydrogens (tertiary/aromatic N) is 1. The van der Waals surface area contributed by atoms with E-state index in [0.717, 1.165) is 0 Å². The van der Waals surface area contributed by atoms with Gasteiger partial charge in [-0.25, -0.2) is 4.79 Å². The van der Waals surface area contributed by atoms with E-state index in [9.17, 15) is 4.79 Å². The maximum absolute atomic E-state index is 9.60. The molecule has 0 aromatic rings. The number of carboxylic acids is 1. The van der Waals surface area contributed by atoms with Crippen LogP contribution in [0.25, 0.3) is 0 Å². The third-order valence-electron chi connectivity index (χ3n) is 0.706. The van der Waals surface area contributed by atoms with E-state index in [1.165, 1.54) is 6.92 Å². The first-order valence-corrected chi connectivity index (χ1v) is 3.36. The first kappa shape index (κ1) is 13.1. The van der Waals surface area contributed by atoms with Gasteiger partial charge in [-0.3, -0.25) is 4.99 Å². The van der Waals surface area contributed by atoms with Crippen LogP contribution in [0, 0.1) is 0 Å². The lowest BCUT2D eigenvalue weighted by molar-refractivity contribution is -0.132. The molecule has 70 valence electrons. The fourth-order valence-electron chi connectivity index (χ4n) is 0.183. The van der Waals surface area contributed by atoms with E-state index in [1.807, 2.05) is 6.92 Å². The molecule has 0 amide bonds. The van der Waals surface area contributed by atoms with Crippen molar-refractivity contribution in [1.82, 2.24) is 0 Å². The van der Waals surface area contributed by atoms with Crippen LogP contribution >= 0.6 is 0 Å². The minimum absolute atomic E-state index is 0.164. The van der Waals surface area contributed by atoms with Gasteiger partial charge in [0.1, 0.15) is 0 Å². The zero-order valence-electron chi connectivity index (χ0n) is 7.37. The molecule has 0 saturated heterocycles. The molecule has 0 aliphatic rings. The average molecular weight is 173 g/mol. The van der Waals surface area contributed by atoms with Gasteiger partial charge in [-0.05, 0) is 13.8 Å². The standard InChI is InChI=1S/C4H6O2.C3H9N3/c1-3(2)4(5)6;1-2-6-3(4)5/h1H2,2H3,(H,5,6);2H2,1H3,(H4,4,5,6). The lowest BCUT2D eigenvalue weighted by atomic mass is 10.4. The molecule has 5 N–H and O–H groups in total. The molecule has 0 aromatic carbocycles. The van der Waals surface area contributed by atoms with Gasteiger partial charge in [0.2, 0.25) is 0 Å². The van der Waals surface area contributed by atoms with E-state index in [4.69, 9.17) is 16.6 Å². The molecule has 0 heterocycles. The summed E-state index contributed by atoms with van der Waals surface area (Å²) >= 11 is 0. The highest BCUT2D eigenvalue weighted by Gasteiger charge is 1.90. The van der Waals surface area contributed by atoms with Gasteiger partial charge in [0.15, 0.2) is 5.96 Å². The molecule has 0 bridgehead atoms. The Labute approximate surface area is 71.8 Å². The summed E-state index contributed by atoms with van der Waals surface area (Å²) in [6.07, 6.45) is 0. The number of aliphatic imine (C=N–C) groups is 1. The first-order chi connectivity index (χ1) is 5.41. The number of carboxylic acid groups (broad SMARTS) is 1. The van der Waals surface area contributed by atoms with Crippen molar-refractivity contribution in [2.45, 2.75) is 13.8 Å². The molecular weight excluding hydrogens is 158 g/mol. The van der Waals surface area contributed by atoms with Crippen LogP contribution < -0.4 is 11.5 Å². The van der Waals surface area contributed by atoms with Gasteiger partial charge in [0.25, 0.3) is 0 Å². The predicted molar refractivity (Wildman–Crippen MR) is 48.8 cm³/mol. The van der Waals surface area contributed by atoms with Gasteiger partial charge in [0, 0.05) is 12.1 Å². The monoisotopic (exact) mass is 173 g/mol. The van der Waals surface area contributed by atoms with Gasteiger partial charge < -0.3 is 16.6 Å². The Morgan fingerprint density at radius 2 is 1.92 bits per heavy atom. The molecule has 0 aromatic heterocycles. The Hall–Kier alpha value is -1.52. The summed E-state index contributed by atoms with van der Waals surface area (Å²) in [5, 5.41) is 7.89. The maximum atomic E-state index is 9.60. The fourth-order valence-corrected chi connectivity index (χ4v) is 0.183. The van der Waals surface area contributed by atoms with Crippen LogP contribution in [-0.4, -0.2) is 23.6 Å². The first-order valence-electron chi connectivity index (χ1n) is 3.36. The highest BCUT2D eigenvalue weighted by molar-refractivity contribution is 5.84. The summed E-state index contributed by atoms with van der Waals surface area (Å²) in [6.45, 7) is 7.15. The third-order valence-corrected chi connectivity index (χ3v) is 0.706. The van der Waals surface area contributed by atoms with Crippen molar-refractivity contribution in [3.8, 4) is 0 Å². The molecule has 0 saturated carbocycles. The van der Waals surface area contributed by atoms with Crippen molar-refractivity contribution >= 4 is 11.9 Å². The molecule has 0 spiro atoms. The van der Waals surface area contributed by atoms with Crippen LogP contribution in [0.4, 0.5) is 0 Å². The van der Waals surface area contributed by atoms with Crippen LogP contribution in [0.1, 0.15) is 13.8 Å². The van der Waals surface area contributed by atoms with Crippen LogP contribution in [0.3, 0.4) is 0 Å². The Morgan fingerprint density at radius 3 is 1.92 bits per heavy atom. The number of rotatable bonds is 2. The average Bonchev–Trinajstić information content (AvgIpc) is 1.87. The predicted octanol–water partition coefficient (Wildman–Crippen LogP) is -0.0732. The second-order valence-corrected chi connectivity index (χ2v) is 1.98. The fraction of sp³-hybridized carbons (Fsp3) is 0.429. The number of carbonyl (C=O) groups is 1. The van der Waals surface area contributed by atoms with E-state index >= 15 is 0 Å². The molecule has 0 unspecified atom stereocenters. The number of hydrogen-bond acceptors (Lipinski definition) is 2. The zero-order chi connectivity index (χ0) is 10.1. The normalized spacial score (nSPS) is 7.50. The minimum Gasteiger partial charge on any atom is -0.478 e. The van der Waals surface area contributed by atoms with Gasteiger partial charge >= 0.3 is 5.97 Å². The topological polar surface area (TPSA) is 102 Å². The lowest BCUT2D eigenvalue weighted by Crippen LogP contribution is -2.22. The number of hydrogen-bond donors (Lipinski definition) is 3. The molecule has 0 aliphatic carbocycles. The van der Waals surface area contributed by atoms with E-state index in [1.54, 1.807) is 0 Å². The maximum Gasteiger partial charge on any atom is 0.330 e. The van der Waals surface area contributed by atoms with E-state index in [2.05, 4.69) is 11.6 Å². The van der Waals surface area contributed by atoms with Gasteiger partial charge in [-0.1, -0.05) is 6.58 Å². The van der Waals surface area contributed by atoms with Gasteiger partial charge in [-0.15, -0.1) is 0 Å². The second kappa shape index (κ2) is 7.59. The van der Waals surface area contributed by atoms with Crippen molar-refractivity contribution in [2.24, 2.45) is 16.5 Å². The van der Waals surface area contributed by atoms with Crippen LogP contribution in [0.2, 0.25) is 0 Å². The van der Waals surface area contributed by atoms with Crippen LogP contribution in [0.15, 0.2) is 17.1 Å². The van der Waals surface area contributed by atoms with Gasteiger partial charge in [0.05, 0.1) is 0 Å². The highest BCUT2D eigenvalue weighted by atomic mass is 16.4. The highest BCUT2D eigenvalue weighted by Crippen LogP contribution is 1.81. The number of guanidine groups is 1. The summed E-state index contributed by atoms with van der Waals surface area (Å²) < 4.78 is 0. The second-order valence-electron chi connectivity index (χ2n) is 1.98. The van der Waals surface area contributed by atoms with Crippen LogP contribution in [-0.2, 0) is 4.79 Å². The molecule has 0 atom stereocenters. The quantitative estimate of drug-likeness (QED) is 0.309. The van der Waals surface area contributed by atoms with Crippen molar-refractivity contribution < 1.29 is 9.90 Å². The molecular formula is C7H15N3O2. The van der Waals surface area contributed by atoms with Crippen molar-refractivity contribution in [3.63, 3.8) is 0 Å². The largest absolute Gasteiger partial charge is 0.478 e. The van der Waals surface area contributed by atoms with Crippen molar-refractivity contribution in [1.29, 1.82) is 0 Å².